The zero-order valence-corrected chi connectivity index (χ0v) is 11.4. The Labute approximate surface area is 103 Å². The van der Waals surface area contributed by atoms with Crippen LogP contribution in [0.5, 0.6) is 0 Å². The van der Waals surface area contributed by atoms with Gasteiger partial charge in [0.15, 0.2) is 0 Å². The summed E-state index contributed by atoms with van der Waals surface area (Å²) in [5.41, 5.74) is -0.598. The molecule has 3 nitrogen and oxygen atoms in total. The highest BCUT2D eigenvalue weighted by Crippen LogP contribution is 2.19. The maximum Gasteiger partial charge on any atom is 0.307 e. The van der Waals surface area contributed by atoms with Crippen LogP contribution in [0.2, 0.25) is 0 Å². The lowest BCUT2D eigenvalue weighted by Gasteiger charge is -2.21. The molecule has 0 heterocycles. The van der Waals surface area contributed by atoms with E-state index >= 15 is 0 Å². The molecule has 0 spiro atoms. The Morgan fingerprint density at radius 3 is 2.06 bits per heavy atom. The van der Waals surface area contributed by atoms with Gasteiger partial charge in [0.25, 0.3) is 0 Å². The fourth-order valence-corrected chi connectivity index (χ4v) is 1.41. The van der Waals surface area contributed by atoms with Gasteiger partial charge in [-0.15, -0.1) is 0 Å². The number of esters is 1. The lowest BCUT2D eigenvalue weighted by Crippen LogP contribution is -2.26. The molecule has 0 aliphatic rings. The van der Waals surface area contributed by atoms with Gasteiger partial charge in [-0.1, -0.05) is 20.3 Å². The lowest BCUT2D eigenvalue weighted by atomic mass is 9.95. The molecule has 0 aromatic carbocycles. The first-order valence-corrected chi connectivity index (χ1v) is 6.03. The van der Waals surface area contributed by atoms with Gasteiger partial charge in [-0.05, 0) is 33.1 Å². The van der Waals surface area contributed by atoms with Crippen molar-refractivity contribution < 1.29 is 18.7 Å². The van der Waals surface area contributed by atoms with Gasteiger partial charge < -0.3 is 4.74 Å². The Morgan fingerprint density at radius 1 is 1.18 bits per heavy atom. The number of carbonyl (C=O) groups is 2. The van der Waals surface area contributed by atoms with E-state index in [0.29, 0.717) is 12.3 Å². The largest absolute Gasteiger partial charge is 0.460 e. The van der Waals surface area contributed by atoms with E-state index in [2.05, 4.69) is 0 Å². The van der Waals surface area contributed by atoms with Gasteiger partial charge in [0, 0.05) is 0 Å². The molecule has 0 aromatic rings. The summed E-state index contributed by atoms with van der Waals surface area (Å²) in [7, 11) is 0. The first kappa shape index (κ1) is 16.1. The number of hydrogen-bond acceptors (Lipinski definition) is 3. The van der Waals surface area contributed by atoms with Crippen molar-refractivity contribution in [2.45, 2.75) is 59.5 Å². The molecule has 0 saturated carbocycles. The van der Waals surface area contributed by atoms with Gasteiger partial charge in [0.1, 0.15) is 5.60 Å². The van der Waals surface area contributed by atoms with Crippen LogP contribution in [0.25, 0.3) is 0 Å². The van der Waals surface area contributed by atoms with Crippen molar-refractivity contribution in [1.29, 1.82) is 0 Å². The molecule has 0 radical (unpaired) electrons. The van der Waals surface area contributed by atoms with Crippen LogP contribution < -0.4 is 0 Å². The van der Waals surface area contributed by atoms with E-state index in [1.54, 1.807) is 20.8 Å². The van der Waals surface area contributed by atoms with E-state index in [4.69, 9.17) is 4.74 Å². The minimum absolute atomic E-state index is 0.167. The topological polar surface area (TPSA) is 43.4 Å². The third kappa shape index (κ3) is 8.83. The van der Waals surface area contributed by atoms with Crippen LogP contribution in [0.3, 0.4) is 0 Å². The molecule has 0 saturated heterocycles. The van der Waals surface area contributed by atoms with Crippen LogP contribution in [-0.2, 0) is 14.3 Å². The molecule has 0 N–H and O–H groups in total. The van der Waals surface area contributed by atoms with Crippen LogP contribution in [0.4, 0.5) is 4.39 Å². The summed E-state index contributed by atoms with van der Waals surface area (Å²) in [4.78, 5) is 22.3. The highest BCUT2D eigenvalue weighted by atomic mass is 19.1. The Balaban J connectivity index is 4.26. The third-order valence-electron chi connectivity index (χ3n) is 2.25. The van der Waals surface area contributed by atoms with Gasteiger partial charge in [-0.3, -0.25) is 9.59 Å². The predicted molar refractivity (Wildman–Crippen MR) is 64.1 cm³/mol. The van der Waals surface area contributed by atoms with Crippen LogP contribution in [-0.4, -0.2) is 17.6 Å². The summed E-state index contributed by atoms with van der Waals surface area (Å²) >= 11 is 0. The molecule has 0 aromatic heterocycles. The molecule has 0 rings (SSSR count). The third-order valence-corrected chi connectivity index (χ3v) is 2.25. The molecule has 4 heteroatoms. The zero-order chi connectivity index (χ0) is 13.6. The molecular weight excluding hydrogens is 223 g/mol. The smallest absolute Gasteiger partial charge is 0.307 e. The normalized spacial score (nSPS) is 13.6. The van der Waals surface area contributed by atoms with Crippen molar-refractivity contribution >= 4 is 12.0 Å². The second kappa shape index (κ2) is 6.72. The maximum atomic E-state index is 12.8. The summed E-state index contributed by atoms with van der Waals surface area (Å²) in [6.45, 7) is 9.21. The van der Waals surface area contributed by atoms with Crippen LogP contribution in [0.15, 0.2) is 0 Å². The van der Waals surface area contributed by atoms with E-state index in [-0.39, 0.29) is 6.42 Å². The Hall–Kier alpha value is -0.930. The van der Waals surface area contributed by atoms with Crippen molar-refractivity contribution in [2.75, 3.05) is 0 Å². The standard InChI is InChI=1S/C13H23FO3/c1-9(2)6-7-10(12(14)16)8-11(15)17-13(3,4)5/h9-10H,6-8H2,1-5H3/t10-/m1/s1. The van der Waals surface area contributed by atoms with E-state index < -0.39 is 23.5 Å². The summed E-state index contributed by atoms with van der Waals surface area (Å²) in [6, 6.07) is -1.42. The molecule has 0 aliphatic carbocycles. The van der Waals surface area contributed by atoms with Gasteiger partial charge in [-0.25, -0.2) is 0 Å². The maximum absolute atomic E-state index is 12.8. The van der Waals surface area contributed by atoms with Crippen molar-refractivity contribution in [3.05, 3.63) is 0 Å². The van der Waals surface area contributed by atoms with Crippen LogP contribution in [0, 0.1) is 11.8 Å². The highest BCUT2D eigenvalue weighted by Gasteiger charge is 2.25. The van der Waals surface area contributed by atoms with Crippen molar-refractivity contribution in [3.8, 4) is 0 Å². The van der Waals surface area contributed by atoms with E-state index in [1.807, 2.05) is 13.8 Å². The fraction of sp³-hybridized carbons (Fsp3) is 0.846. The molecule has 1 atom stereocenters. The summed E-state index contributed by atoms with van der Waals surface area (Å²) < 4.78 is 17.8. The van der Waals surface area contributed by atoms with Crippen LogP contribution >= 0.6 is 0 Å². The first-order valence-electron chi connectivity index (χ1n) is 6.03. The average molecular weight is 246 g/mol. The number of ether oxygens (including phenoxy) is 1. The van der Waals surface area contributed by atoms with Gasteiger partial charge in [-0.2, -0.15) is 4.39 Å². The summed E-state index contributed by atoms with van der Waals surface area (Å²) in [5.74, 6) is -0.986. The van der Waals surface area contributed by atoms with E-state index in [1.165, 1.54) is 0 Å². The lowest BCUT2D eigenvalue weighted by molar-refractivity contribution is -0.158. The Kier molecular flexibility index (Phi) is 6.35. The molecule has 0 amide bonds. The molecule has 0 fully saturated rings. The summed E-state index contributed by atoms with van der Waals surface area (Å²) in [5, 5.41) is 0. The van der Waals surface area contributed by atoms with E-state index in [9.17, 15) is 14.0 Å². The Bertz CT molecular complexity index is 266. The zero-order valence-electron chi connectivity index (χ0n) is 11.4. The SMILES string of the molecule is CC(C)CC[C@H](CC(=O)OC(C)(C)C)C(=O)F. The second-order valence-electron chi connectivity index (χ2n) is 5.76. The molecule has 100 valence electrons. The van der Waals surface area contributed by atoms with Crippen molar-refractivity contribution in [2.24, 2.45) is 11.8 Å². The van der Waals surface area contributed by atoms with Gasteiger partial charge in [0.2, 0.25) is 0 Å². The molecule has 0 bridgehead atoms. The van der Waals surface area contributed by atoms with Crippen molar-refractivity contribution in [3.63, 3.8) is 0 Å². The number of carbonyl (C=O) groups excluding carboxylic acids is 2. The molecule has 0 unspecified atom stereocenters. The quantitative estimate of drug-likeness (QED) is 0.533. The summed E-state index contributed by atoms with van der Waals surface area (Å²) in [6.07, 6.45) is 0.953. The van der Waals surface area contributed by atoms with Gasteiger partial charge >= 0.3 is 12.0 Å². The van der Waals surface area contributed by atoms with Crippen molar-refractivity contribution in [1.82, 2.24) is 0 Å². The minimum atomic E-state index is -1.42. The molecular formula is C13H23FO3. The molecule has 17 heavy (non-hydrogen) atoms. The number of rotatable bonds is 6. The monoisotopic (exact) mass is 246 g/mol. The second-order valence-corrected chi connectivity index (χ2v) is 5.76. The Morgan fingerprint density at radius 2 is 1.71 bits per heavy atom. The average Bonchev–Trinajstić information content (AvgIpc) is 2.08. The van der Waals surface area contributed by atoms with E-state index in [0.717, 1.165) is 6.42 Å². The fourth-order valence-electron chi connectivity index (χ4n) is 1.41. The number of halogens is 1. The predicted octanol–water partition coefficient (Wildman–Crippen LogP) is 3.27. The highest BCUT2D eigenvalue weighted by molar-refractivity contribution is 5.79. The first-order chi connectivity index (χ1) is 7.61. The number of hydrogen-bond donors (Lipinski definition) is 0. The van der Waals surface area contributed by atoms with Gasteiger partial charge in [0.05, 0.1) is 12.3 Å². The molecule has 0 aliphatic heterocycles. The van der Waals surface area contributed by atoms with Crippen LogP contribution in [0.1, 0.15) is 53.9 Å². The minimum Gasteiger partial charge on any atom is -0.460 e.